The van der Waals surface area contributed by atoms with Gasteiger partial charge in [-0.25, -0.2) is 4.98 Å². The maximum absolute atomic E-state index is 5.89. The molecule has 0 spiro atoms. The predicted molar refractivity (Wildman–Crippen MR) is 79.8 cm³/mol. The lowest BCUT2D eigenvalue weighted by Crippen LogP contribution is -1.99. The lowest BCUT2D eigenvalue weighted by atomic mass is 9.99. The zero-order valence-corrected chi connectivity index (χ0v) is 11.8. The van der Waals surface area contributed by atoms with E-state index in [0.29, 0.717) is 5.82 Å². The van der Waals surface area contributed by atoms with Gasteiger partial charge in [-0.1, -0.05) is 31.4 Å². The number of halogens is 1. The molecule has 0 aliphatic rings. The number of nitrogens with zero attached hydrogens (tertiary/aromatic N) is 1. The van der Waals surface area contributed by atoms with Gasteiger partial charge in [0.1, 0.15) is 5.82 Å². The van der Waals surface area contributed by atoms with E-state index in [1.54, 1.807) is 31.7 Å². The molecule has 1 heterocycles. The molecule has 0 unspecified atom stereocenters. The molecule has 0 saturated heterocycles. The monoisotopic (exact) mass is 306 g/mol. The van der Waals surface area contributed by atoms with Crippen molar-refractivity contribution in [1.82, 2.24) is 4.98 Å². The highest BCUT2D eigenvalue weighted by Crippen LogP contribution is 2.29. The summed E-state index contributed by atoms with van der Waals surface area (Å²) in [5, 5.41) is 0. The van der Waals surface area contributed by atoms with Crippen LogP contribution in [-0.4, -0.2) is 12.1 Å². The fraction of sp³-hybridized carbons (Fsp3) is 0.0714. The van der Waals surface area contributed by atoms with Crippen molar-refractivity contribution in [2.75, 3.05) is 12.8 Å². The van der Waals surface area contributed by atoms with E-state index < -0.39 is 0 Å². The Morgan fingerprint density at radius 1 is 1.50 bits per heavy atom. The maximum Gasteiger partial charge on any atom is 0.131 e. The molecule has 2 N–H and O–H groups in total. The summed E-state index contributed by atoms with van der Waals surface area (Å²) in [6.07, 6.45) is 8.48. The molecule has 3 nitrogen and oxygen atoms in total. The normalized spacial score (nSPS) is 12.1. The molecule has 0 aliphatic carbocycles. The quantitative estimate of drug-likeness (QED) is 0.666. The highest BCUT2D eigenvalue weighted by molar-refractivity contribution is 9.10. The number of pyridine rings is 1. The number of allylic oxidation sites excluding steroid dienone is 5. The van der Waals surface area contributed by atoms with Crippen LogP contribution in [0.2, 0.25) is 0 Å². The van der Waals surface area contributed by atoms with Crippen molar-refractivity contribution in [3.05, 3.63) is 65.5 Å². The fourth-order valence-corrected chi connectivity index (χ4v) is 1.80. The summed E-state index contributed by atoms with van der Waals surface area (Å²) in [5.74, 6) is 0.429. The van der Waals surface area contributed by atoms with Crippen LogP contribution < -0.4 is 5.73 Å². The molecule has 0 aliphatic heterocycles. The lowest BCUT2D eigenvalue weighted by Gasteiger charge is -2.11. The molecule has 1 rings (SSSR count). The van der Waals surface area contributed by atoms with Gasteiger partial charge in [0, 0.05) is 21.8 Å². The average Bonchev–Trinajstić information content (AvgIpc) is 2.37. The SMILES string of the molecule is C=C/C=C(C=C)/C(=C\OC)c1cc(Br)cnc1N. The van der Waals surface area contributed by atoms with Gasteiger partial charge in [-0.05, 0) is 27.6 Å². The number of nitrogen functional groups attached to an aromatic ring is 1. The highest BCUT2D eigenvalue weighted by Gasteiger charge is 2.11. The Balaban J connectivity index is 3.41. The maximum atomic E-state index is 5.89. The number of rotatable bonds is 5. The molecule has 94 valence electrons. The van der Waals surface area contributed by atoms with Crippen molar-refractivity contribution in [2.24, 2.45) is 0 Å². The minimum absolute atomic E-state index is 0.429. The molecule has 0 amide bonds. The number of anilines is 1. The van der Waals surface area contributed by atoms with E-state index in [9.17, 15) is 0 Å². The zero-order chi connectivity index (χ0) is 13.5. The summed E-state index contributed by atoms with van der Waals surface area (Å²) >= 11 is 3.37. The standard InChI is InChI=1S/C14H15BrN2O/c1-4-6-10(5-2)13(9-18-3)12-7-11(15)8-17-14(12)16/h4-9H,1-2H2,3H3,(H2,16,17)/b10-6+,13-9+. The molecule has 0 fully saturated rings. The van der Waals surface area contributed by atoms with Crippen LogP contribution in [0.4, 0.5) is 5.82 Å². The summed E-state index contributed by atoms with van der Waals surface area (Å²) in [6.45, 7) is 7.45. The fourth-order valence-electron chi connectivity index (χ4n) is 1.47. The molecule has 0 aromatic carbocycles. The van der Waals surface area contributed by atoms with Gasteiger partial charge in [0.2, 0.25) is 0 Å². The summed E-state index contributed by atoms with van der Waals surface area (Å²) < 4.78 is 5.94. The topological polar surface area (TPSA) is 48.1 Å². The van der Waals surface area contributed by atoms with Crippen molar-refractivity contribution < 1.29 is 4.74 Å². The van der Waals surface area contributed by atoms with Gasteiger partial charge < -0.3 is 10.5 Å². The van der Waals surface area contributed by atoms with Crippen molar-refractivity contribution in [2.45, 2.75) is 0 Å². The van der Waals surface area contributed by atoms with E-state index in [1.807, 2.05) is 12.1 Å². The summed E-state index contributed by atoms with van der Waals surface area (Å²) in [7, 11) is 1.58. The van der Waals surface area contributed by atoms with E-state index in [0.717, 1.165) is 21.2 Å². The Labute approximate surface area is 115 Å². The Morgan fingerprint density at radius 3 is 2.78 bits per heavy atom. The number of hydrogen-bond acceptors (Lipinski definition) is 3. The molecular formula is C14H15BrN2O. The Kier molecular flexibility index (Phi) is 5.39. The molecule has 0 atom stereocenters. The number of nitrogens with two attached hydrogens (primary N) is 1. The van der Waals surface area contributed by atoms with Crippen LogP contribution in [-0.2, 0) is 4.74 Å². The van der Waals surface area contributed by atoms with Gasteiger partial charge in [-0.15, -0.1) is 0 Å². The second kappa shape index (κ2) is 6.81. The van der Waals surface area contributed by atoms with E-state index in [4.69, 9.17) is 10.5 Å². The van der Waals surface area contributed by atoms with Crippen molar-refractivity contribution in [3.8, 4) is 0 Å². The second-order valence-corrected chi connectivity index (χ2v) is 4.33. The smallest absolute Gasteiger partial charge is 0.131 e. The van der Waals surface area contributed by atoms with E-state index in [-0.39, 0.29) is 0 Å². The van der Waals surface area contributed by atoms with Crippen LogP contribution in [0.1, 0.15) is 5.56 Å². The molecule has 0 bridgehead atoms. The van der Waals surface area contributed by atoms with Crippen LogP contribution in [0.3, 0.4) is 0 Å². The number of methoxy groups -OCH3 is 1. The first-order valence-corrected chi connectivity index (χ1v) is 6.03. The first-order valence-electron chi connectivity index (χ1n) is 5.24. The summed E-state index contributed by atoms with van der Waals surface area (Å²) in [4.78, 5) is 4.11. The highest BCUT2D eigenvalue weighted by atomic mass is 79.9. The van der Waals surface area contributed by atoms with Gasteiger partial charge in [0.15, 0.2) is 0 Å². The number of ether oxygens (including phenoxy) is 1. The van der Waals surface area contributed by atoms with E-state index in [2.05, 4.69) is 34.1 Å². The zero-order valence-electron chi connectivity index (χ0n) is 10.2. The molecule has 4 heteroatoms. The van der Waals surface area contributed by atoms with E-state index >= 15 is 0 Å². The van der Waals surface area contributed by atoms with Crippen LogP contribution in [0.15, 0.2) is 60.0 Å². The van der Waals surface area contributed by atoms with Gasteiger partial charge in [-0.3, -0.25) is 0 Å². The Morgan fingerprint density at radius 2 is 2.22 bits per heavy atom. The summed E-state index contributed by atoms with van der Waals surface area (Å²) in [5.41, 5.74) is 8.33. The molecular weight excluding hydrogens is 292 g/mol. The van der Waals surface area contributed by atoms with Crippen molar-refractivity contribution in [3.63, 3.8) is 0 Å². The third kappa shape index (κ3) is 3.34. The van der Waals surface area contributed by atoms with Gasteiger partial charge >= 0.3 is 0 Å². The average molecular weight is 307 g/mol. The lowest BCUT2D eigenvalue weighted by molar-refractivity contribution is 0.340. The molecule has 0 saturated carbocycles. The van der Waals surface area contributed by atoms with Crippen LogP contribution in [0.5, 0.6) is 0 Å². The predicted octanol–water partition coefficient (Wildman–Crippen LogP) is 3.71. The molecule has 18 heavy (non-hydrogen) atoms. The van der Waals surface area contributed by atoms with Crippen molar-refractivity contribution in [1.29, 1.82) is 0 Å². The first kappa shape index (κ1) is 14.3. The molecule has 1 aromatic rings. The first-order chi connectivity index (χ1) is 8.63. The van der Waals surface area contributed by atoms with Crippen LogP contribution >= 0.6 is 15.9 Å². The number of hydrogen-bond donors (Lipinski definition) is 1. The molecule has 1 aromatic heterocycles. The summed E-state index contributed by atoms with van der Waals surface area (Å²) in [6, 6.07) is 1.88. The van der Waals surface area contributed by atoms with E-state index in [1.165, 1.54) is 0 Å². The third-order valence-corrected chi connectivity index (χ3v) is 2.67. The minimum atomic E-state index is 0.429. The van der Waals surface area contributed by atoms with Crippen LogP contribution in [0, 0.1) is 0 Å². The van der Waals surface area contributed by atoms with Gasteiger partial charge in [0.05, 0.1) is 13.4 Å². The molecule has 0 radical (unpaired) electrons. The van der Waals surface area contributed by atoms with Gasteiger partial charge in [-0.2, -0.15) is 0 Å². The minimum Gasteiger partial charge on any atom is -0.504 e. The number of aromatic nitrogens is 1. The second-order valence-electron chi connectivity index (χ2n) is 3.42. The van der Waals surface area contributed by atoms with Gasteiger partial charge in [0.25, 0.3) is 0 Å². The third-order valence-electron chi connectivity index (χ3n) is 2.24. The van der Waals surface area contributed by atoms with Crippen LogP contribution in [0.25, 0.3) is 5.57 Å². The Bertz CT molecular complexity index is 519. The Hall–Kier alpha value is -1.81. The largest absolute Gasteiger partial charge is 0.504 e. The van der Waals surface area contributed by atoms with Crippen molar-refractivity contribution >= 4 is 27.3 Å².